The average Bonchev–Trinajstić information content (AvgIpc) is 3.05. The molecule has 0 unspecified atom stereocenters. The van der Waals surface area contributed by atoms with Crippen molar-refractivity contribution in [3.05, 3.63) is 58.3 Å². The summed E-state index contributed by atoms with van der Waals surface area (Å²) in [4.78, 5) is 13.5. The molecule has 1 saturated carbocycles. The Bertz CT molecular complexity index is 678. The molecule has 1 aliphatic rings. The Balaban J connectivity index is 1.64. The summed E-state index contributed by atoms with van der Waals surface area (Å²) in [6.45, 7) is 1.92. The zero-order valence-corrected chi connectivity index (χ0v) is 14.8. The molecule has 0 aliphatic heterocycles. The van der Waals surface area contributed by atoms with E-state index in [9.17, 15) is 9.00 Å². The number of hydrogen-bond acceptors (Lipinski definition) is 3. The van der Waals surface area contributed by atoms with Gasteiger partial charge in [-0.2, -0.15) is 0 Å². The van der Waals surface area contributed by atoms with E-state index in [1.807, 2.05) is 42.6 Å². The molecule has 2 atom stereocenters. The number of thiophene rings is 1. The lowest BCUT2D eigenvalue weighted by molar-refractivity contribution is -0.121. The predicted molar refractivity (Wildman–Crippen MR) is 95.9 cm³/mol. The van der Waals surface area contributed by atoms with Gasteiger partial charge in [-0.1, -0.05) is 36.4 Å². The van der Waals surface area contributed by atoms with Crippen LogP contribution < -0.4 is 5.32 Å². The molecule has 5 heteroatoms. The molecular weight excluding hydrogens is 326 g/mol. The van der Waals surface area contributed by atoms with Gasteiger partial charge in [0.1, 0.15) is 5.75 Å². The van der Waals surface area contributed by atoms with Crippen molar-refractivity contribution in [1.29, 1.82) is 0 Å². The first-order valence-corrected chi connectivity index (χ1v) is 10.1. The Morgan fingerprint density at radius 2 is 2.00 bits per heavy atom. The van der Waals surface area contributed by atoms with Crippen molar-refractivity contribution in [2.45, 2.75) is 37.0 Å². The van der Waals surface area contributed by atoms with E-state index in [4.69, 9.17) is 0 Å². The fraction of sp³-hybridized carbons (Fsp3) is 0.389. The number of hydrogen-bond donors (Lipinski definition) is 1. The third kappa shape index (κ3) is 3.56. The summed E-state index contributed by atoms with van der Waals surface area (Å²) in [6, 6.07) is 14.0. The standard InChI is InChI=1S/C18H21NO2S2/c1-14(16-9-5-12-22-16)23(21)13-17(20)19-18(10-6-11-18)15-7-3-2-4-8-15/h2-5,7-9,12,14H,6,10-11,13H2,1H3,(H,19,20)/t14-,23-/m0/s1. The van der Waals surface area contributed by atoms with Gasteiger partial charge in [-0.25, -0.2) is 0 Å². The molecule has 3 nitrogen and oxygen atoms in total. The number of carbonyl (C=O) groups excluding carboxylic acids is 1. The van der Waals surface area contributed by atoms with Crippen LogP contribution in [0.25, 0.3) is 0 Å². The first kappa shape index (κ1) is 16.4. The van der Waals surface area contributed by atoms with Crippen LogP contribution in [0.2, 0.25) is 0 Å². The summed E-state index contributed by atoms with van der Waals surface area (Å²) < 4.78 is 12.4. The number of rotatable bonds is 6. The molecule has 0 spiro atoms. The van der Waals surface area contributed by atoms with Crippen LogP contribution in [-0.2, 0) is 21.1 Å². The zero-order valence-electron chi connectivity index (χ0n) is 13.2. The van der Waals surface area contributed by atoms with Gasteiger partial charge in [0.2, 0.25) is 5.91 Å². The monoisotopic (exact) mass is 347 g/mol. The Labute approximate surface area is 143 Å². The van der Waals surface area contributed by atoms with Crippen LogP contribution in [0.4, 0.5) is 0 Å². The molecule has 0 bridgehead atoms. The van der Waals surface area contributed by atoms with Crippen LogP contribution in [0.15, 0.2) is 47.8 Å². The summed E-state index contributed by atoms with van der Waals surface area (Å²) in [6.07, 6.45) is 3.02. The van der Waals surface area contributed by atoms with E-state index >= 15 is 0 Å². The van der Waals surface area contributed by atoms with Crippen LogP contribution in [0.3, 0.4) is 0 Å². The molecule has 1 amide bonds. The lowest BCUT2D eigenvalue weighted by atomic mass is 9.72. The molecule has 1 fully saturated rings. The van der Waals surface area contributed by atoms with E-state index in [2.05, 4.69) is 17.4 Å². The van der Waals surface area contributed by atoms with Crippen molar-refractivity contribution in [1.82, 2.24) is 5.32 Å². The molecule has 23 heavy (non-hydrogen) atoms. The van der Waals surface area contributed by atoms with Gasteiger partial charge in [0.15, 0.2) is 0 Å². The molecule has 1 aromatic carbocycles. The summed E-state index contributed by atoms with van der Waals surface area (Å²) in [5.41, 5.74) is 0.894. The normalized spacial score (nSPS) is 18.7. The van der Waals surface area contributed by atoms with E-state index in [0.717, 1.165) is 29.7 Å². The fourth-order valence-electron chi connectivity index (χ4n) is 2.98. The predicted octanol–water partition coefficient (Wildman–Crippen LogP) is 3.75. The van der Waals surface area contributed by atoms with Gasteiger partial charge in [-0.15, -0.1) is 11.3 Å². The lowest BCUT2D eigenvalue weighted by Crippen LogP contribution is -2.52. The van der Waals surface area contributed by atoms with E-state index in [1.165, 1.54) is 0 Å². The van der Waals surface area contributed by atoms with Crippen molar-refractivity contribution in [3.63, 3.8) is 0 Å². The maximum absolute atomic E-state index is 12.4. The van der Waals surface area contributed by atoms with E-state index in [0.29, 0.717) is 0 Å². The minimum absolute atomic E-state index is 0.0631. The van der Waals surface area contributed by atoms with E-state index < -0.39 is 10.8 Å². The highest BCUT2D eigenvalue weighted by Gasteiger charge is 2.40. The number of nitrogens with one attached hydrogen (secondary N) is 1. The maximum Gasteiger partial charge on any atom is 0.233 e. The molecule has 1 aliphatic carbocycles. The van der Waals surface area contributed by atoms with Crippen molar-refractivity contribution >= 4 is 28.0 Å². The summed E-state index contributed by atoms with van der Waals surface area (Å²) in [5, 5.41) is 5.02. The second kappa shape index (κ2) is 6.97. The van der Waals surface area contributed by atoms with E-state index in [1.54, 1.807) is 11.3 Å². The van der Waals surface area contributed by atoms with Gasteiger partial charge in [0.25, 0.3) is 0 Å². The van der Waals surface area contributed by atoms with Crippen LogP contribution >= 0.6 is 11.3 Å². The molecule has 1 heterocycles. The smallest absolute Gasteiger partial charge is 0.233 e. The van der Waals surface area contributed by atoms with Crippen molar-refractivity contribution in [2.75, 3.05) is 5.75 Å². The van der Waals surface area contributed by atoms with Crippen LogP contribution in [0.1, 0.15) is 41.9 Å². The van der Waals surface area contributed by atoms with Gasteiger partial charge in [0.05, 0.1) is 10.8 Å². The van der Waals surface area contributed by atoms with E-state index in [-0.39, 0.29) is 22.4 Å². The first-order valence-electron chi connectivity index (χ1n) is 7.88. The SMILES string of the molecule is C[C@@H](c1cccs1)[S@@](=O)CC(=O)NC1(c2ccccc2)CCC1. The number of benzene rings is 1. The molecule has 2 aromatic rings. The number of carbonyl (C=O) groups is 1. The third-order valence-corrected chi connectivity index (χ3v) is 7.32. The minimum atomic E-state index is -1.19. The van der Waals surface area contributed by atoms with Crippen LogP contribution in [-0.4, -0.2) is 15.9 Å². The molecule has 122 valence electrons. The average molecular weight is 348 g/mol. The summed E-state index contributed by atoms with van der Waals surface area (Å²) in [5.74, 6) is -0.0523. The Hall–Kier alpha value is -1.46. The molecule has 0 radical (unpaired) electrons. The third-order valence-electron chi connectivity index (χ3n) is 4.52. The van der Waals surface area contributed by atoms with Crippen molar-refractivity contribution in [3.8, 4) is 0 Å². The molecular formula is C18H21NO2S2. The van der Waals surface area contributed by atoms with Gasteiger partial charge in [-0.05, 0) is 43.2 Å². The topological polar surface area (TPSA) is 46.2 Å². The fourth-order valence-corrected chi connectivity index (χ4v) is 5.05. The van der Waals surface area contributed by atoms with Crippen molar-refractivity contribution in [2.24, 2.45) is 0 Å². The Morgan fingerprint density at radius 1 is 1.26 bits per heavy atom. The quantitative estimate of drug-likeness (QED) is 0.865. The highest BCUT2D eigenvalue weighted by molar-refractivity contribution is 7.86. The second-order valence-corrected chi connectivity index (χ2v) is 8.77. The second-order valence-electron chi connectivity index (χ2n) is 6.03. The summed E-state index contributed by atoms with van der Waals surface area (Å²) >= 11 is 1.59. The summed E-state index contributed by atoms with van der Waals surface area (Å²) in [7, 11) is -1.19. The van der Waals surface area contributed by atoms with Crippen LogP contribution in [0.5, 0.6) is 0 Å². The van der Waals surface area contributed by atoms with Gasteiger partial charge in [0, 0.05) is 15.7 Å². The Kier molecular flexibility index (Phi) is 4.97. The molecule has 0 saturated heterocycles. The molecule has 3 rings (SSSR count). The van der Waals surface area contributed by atoms with Gasteiger partial charge in [-0.3, -0.25) is 9.00 Å². The number of amides is 1. The Morgan fingerprint density at radius 3 is 2.57 bits per heavy atom. The molecule has 1 N–H and O–H groups in total. The highest BCUT2D eigenvalue weighted by atomic mass is 32.2. The first-order chi connectivity index (χ1) is 11.1. The van der Waals surface area contributed by atoms with Crippen molar-refractivity contribution < 1.29 is 9.00 Å². The lowest BCUT2D eigenvalue weighted by Gasteiger charge is -2.43. The maximum atomic E-state index is 12.4. The largest absolute Gasteiger partial charge is 0.346 e. The molecule has 1 aromatic heterocycles. The van der Waals surface area contributed by atoms with Gasteiger partial charge < -0.3 is 5.32 Å². The van der Waals surface area contributed by atoms with Gasteiger partial charge >= 0.3 is 0 Å². The highest BCUT2D eigenvalue weighted by Crippen LogP contribution is 2.41. The zero-order chi connectivity index (χ0) is 16.3. The minimum Gasteiger partial charge on any atom is -0.346 e. The van der Waals surface area contributed by atoms with Crippen LogP contribution in [0, 0.1) is 0 Å².